The van der Waals surface area contributed by atoms with E-state index in [1.54, 1.807) is 0 Å². The van der Waals surface area contributed by atoms with Crippen LogP contribution in [0, 0.1) is 0 Å². The van der Waals surface area contributed by atoms with E-state index in [9.17, 15) is 13.2 Å². The lowest BCUT2D eigenvalue weighted by atomic mass is 10.1. The first-order valence-corrected chi connectivity index (χ1v) is 9.97. The number of carbonyl (C=O) groups excluding carboxylic acids is 1. The Kier molecular flexibility index (Phi) is 7.23. The molecule has 0 unspecified atom stereocenters. The Morgan fingerprint density at radius 2 is 1.85 bits per heavy atom. The molecule has 2 rings (SSSR count). The predicted molar refractivity (Wildman–Crippen MR) is 104 cm³/mol. The molecule has 2 aromatic carbocycles. The fourth-order valence-electron chi connectivity index (χ4n) is 2.27. The average Bonchev–Trinajstić information content (AvgIpc) is 2.61. The highest BCUT2D eigenvalue weighted by Crippen LogP contribution is 2.25. The van der Waals surface area contributed by atoms with Crippen molar-refractivity contribution < 1.29 is 13.2 Å². The summed E-state index contributed by atoms with van der Waals surface area (Å²) in [7, 11) is -4.06. The zero-order chi connectivity index (χ0) is 19.2. The van der Waals surface area contributed by atoms with Crippen LogP contribution < -0.4 is 10.0 Å². The summed E-state index contributed by atoms with van der Waals surface area (Å²) >= 11 is 11.9. The number of halogens is 2. The predicted octanol–water partition coefficient (Wildman–Crippen LogP) is 3.19. The van der Waals surface area contributed by atoms with Crippen LogP contribution in [-0.2, 0) is 21.2 Å². The maximum absolute atomic E-state index is 12.7. The lowest BCUT2D eigenvalue weighted by Crippen LogP contribution is -2.48. The van der Waals surface area contributed by atoms with Crippen molar-refractivity contribution in [1.29, 1.82) is 0 Å². The summed E-state index contributed by atoms with van der Waals surface area (Å²) in [6, 6.07) is 12.2. The first-order valence-electron chi connectivity index (χ1n) is 7.73. The molecular weight excluding hydrogens is 395 g/mol. The van der Waals surface area contributed by atoms with E-state index in [-0.39, 0.29) is 27.9 Å². The number of amides is 1. The summed E-state index contributed by atoms with van der Waals surface area (Å²) in [5.74, 6) is -0.463. The fraction of sp³-hybridized carbons (Fsp3) is 0.167. The van der Waals surface area contributed by atoms with Gasteiger partial charge in [-0.25, -0.2) is 8.42 Å². The quantitative estimate of drug-likeness (QED) is 0.653. The molecule has 2 aromatic rings. The molecule has 0 fully saturated rings. The molecule has 0 aliphatic rings. The second-order valence-electron chi connectivity index (χ2n) is 5.47. The number of hydrogen-bond acceptors (Lipinski definition) is 3. The van der Waals surface area contributed by atoms with Crippen LogP contribution in [0.3, 0.4) is 0 Å². The standard InChI is InChI=1S/C18H18Cl2N2O3S/c1-2-10-21-18(23)16(11-13-6-4-3-5-7-13)22-26(24,25)17-12-14(19)8-9-15(17)20/h2-9,12,16,22H,1,10-11H2,(H,21,23)/t16-/m1/s1. The van der Waals surface area contributed by atoms with E-state index in [0.29, 0.717) is 0 Å². The van der Waals surface area contributed by atoms with Crippen LogP contribution in [0.2, 0.25) is 10.0 Å². The van der Waals surface area contributed by atoms with E-state index in [0.717, 1.165) is 5.56 Å². The van der Waals surface area contributed by atoms with Crippen LogP contribution in [0.1, 0.15) is 5.56 Å². The maximum atomic E-state index is 12.7. The molecule has 0 spiro atoms. The van der Waals surface area contributed by atoms with Crippen molar-refractivity contribution >= 4 is 39.1 Å². The summed E-state index contributed by atoms with van der Waals surface area (Å²) in [5.41, 5.74) is 0.811. The van der Waals surface area contributed by atoms with Crippen LogP contribution in [0.15, 0.2) is 66.1 Å². The minimum atomic E-state index is -4.06. The van der Waals surface area contributed by atoms with E-state index in [1.165, 1.54) is 24.3 Å². The van der Waals surface area contributed by atoms with Crippen molar-refractivity contribution in [3.63, 3.8) is 0 Å². The summed E-state index contributed by atoms with van der Waals surface area (Å²) in [5, 5.41) is 2.86. The van der Waals surface area contributed by atoms with Crippen LogP contribution in [0.5, 0.6) is 0 Å². The Morgan fingerprint density at radius 3 is 2.50 bits per heavy atom. The second-order valence-corrected chi connectivity index (χ2v) is 8.00. The smallest absolute Gasteiger partial charge is 0.242 e. The molecule has 2 N–H and O–H groups in total. The van der Waals surface area contributed by atoms with Gasteiger partial charge in [-0.3, -0.25) is 4.79 Å². The second kappa shape index (κ2) is 9.19. The number of benzene rings is 2. The van der Waals surface area contributed by atoms with Crippen molar-refractivity contribution in [3.8, 4) is 0 Å². The van der Waals surface area contributed by atoms with Gasteiger partial charge < -0.3 is 5.32 Å². The monoisotopic (exact) mass is 412 g/mol. The average molecular weight is 413 g/mol. The number of rotatable bonds is 8. The maximum Gasteiger partial charge on any atom is 0.242 e. The minimum absolute atomic E-state index is 0.0202. The molecular formula is C18H18Cl2N2O3S. The summed E-state index contributed by atoms with van der Waals surface area (Å²) in [6.07, 6.45) is 1.70. The van der Waals surface area contributed by atoms with Gasteiger partial charge in [-0.05, 0) is 30.2 Å². The molecule has 0 aliphatic heterocycles. The van der Waals surface area contributed by atoms with Crippen LogP contribution in [0.25, 0.3) is 0 Å². The van der Waals surface area contributed by atoms with E-state index in [1.807, 2.05) is 30.3 Å². The van der Waals surface area contributed by atoms with E-state index in [2.05, 4.69) is 16.6 Å². The van der Waals surface area contributed by atoms with Crippen molar-refractivity contribution in [2.75, 3.05) is 6.54 Å². The van der Waals surface area contributed by atoms with Gasteiger partial charge in [-0.1, -0.05) is 59.6 Å². The van der Waals surface area contributed by atoms with Gasteiger partial charge in [0.2, 0.25) is 15.9 Å². The topological polar surface area (TPSA) is 75.3 Å². The Bertz CT molecular complexity index is 887. The highest BCUT2D eigenvalue weighted by molar-refractivity contribution is 7.89. The lowest BCUT2D eigenvalue weighted by Gasteiger charge is -2.19. The zero-order valence-electron chi connectivity index (χ0n) is 13.8. The molecule has 1 atom stereocenters. The largest absolute Gasteiger partial charge is 0.351 e. The van der Waals surface area contributed by atoms with Gasteiger partial charge in [-0.2, -0.15) is 4.72 Å². The van der Waals surface area contributed by atoms with Gasteiger partial charge in [-0.15, -0.1) is 6.58 Å². The zero-order valence-corrected chi connectivity index (χ0v) is 16.1. The van der Waals surface area contributed by atoms with Gasteiger partial charge in [0.25, 0.3) is 0 Å². The van der Waals surface area contributed by atoms with Crippen molar-refractivity contribution in [3.05, 3.63) is 76.8 Å². The highest BCUT2D eigenvalue weighted by atomic mass is 35.5. The molecule has 26 heavy (non-hydrogen) atoms. The number of sulfonamides is 1. The Balaban J connectivity index is 2.30. The summed E-state index contributed by atoms with van der Waals surface area (Å²) in [6.45, 7) is 3.76. The molecule has 0 aromatic heterocycles. The number of hydrogen-bond donors (Lipinski definition) is 2. The van der Waals surface area contributed by atoms with E-state index < -0.39 is 22.0 Å². The molecule has 0 saturated heterocycles. The molecule has 0 aliphatic carbocycles. The molecule has 0 bridgehead atoms. The van der Waals surface area contributed by atoms with E-state index >= 15 is 0 Å². The minimum Gasteiger partial charge on any atom is -0.351 e. The third-order valence-electron chi connectivity index (χ3n) is 3.50. The SMILES string of the molecule is C=CCNC(=O)[C@@H](Cc1ccccc1)NS(=O)(=O)c1cc(Cl)ccc1Cl. The van der Waals surface area contributed by atoms with Crippen LogP contribution in [0.4, 0.5) is 0 Å². The van der Waals surface area contributed by atoms with Gasteiger partial charge in [0.1, 0.15) is 10.9 Å². The van der Waals surface area contributed by atoms with Crippen LogP contribution in [-0.4, -0.2) is 26.9 Å². The molecule has 0 radical (unpaired) electrons. The summed E-state index contributed by atoms with van der Waals surface area (Å²) < 4.78 is 27.9. The van der Waals surface area contributed by atoms with E-state index in [4.69, 9.17) is 23.2 Å². The van der Waals surface area contributed by atoms with Crippen molar-refractivity contribution in [1.82, 2.24) is 10.0 Å². The van der Waals surface area contributed by atoms with Crippen LogP contribution >= 0.6 is 23.2 Å². The number of nitrogens with one attached hydrogen (secondary N) is 2. The Hall–Kier alpha value is -1.86. The number of carbonyl (C=O) groups is 1. The van der Waals surface area contributed by atoms with Gasteiger partial charge in [0, 0.05) is 11.6 Å². The summed E-state index contributed by atoms with van der Waals surface area (Å²) in [4.78, 5) is 12.2. The van der Waals surface area contributed by atoms with Gasteiger partial charge in [0.05, 0.1) is 5.02 Å². The molecule has 5 nitrogen and oxygen atoms in total. The van der Waals surface area contributed by atoms with Gasteiger partial charge in [0.15, 0.2) is 0 Å². The molecule has 8 heteroatoms. The fourth-order valence-corrected chi connectivity index (χ4v) is 4.23. The van der Waals surface area contributed by atoms with Gasteiger partial charge >= 0.3 is 0 Å². The van der Waals surface area contributed by atoms with Crippen molar-refractivity contribution in [2.24, 2.45) is 0 Å². The molecule has 138 valence electrons. The highest BCUT2D eigenvalue weighted by Gasteiger charge is 2.27. The lowest BCUT2D eigenvalue weighted by molar-refractivity contribution is -0.122. The van der Waals surface area contributed by atoms with Crippen molar-refractivity contribution in [2.45, 2.75) is 17.4 Å². The normalized spacial score (nSPS) is 12.4. The molecule has 0 heterocycles. The first-order chi connectivity index (χ1) is 12.3. The third-order valence-corrected chi connectivity index (χ3v) is 5.69. The molecule has 1 amide bonds. The first kappa shape index (κ1) is 20.5. The Morgan fingerprint density at radius 1 is 1.15 bits per heavy atom. The molecule has 0 saturated carbocycles. The Labute approximate surface area is 163 Å². The third kappa shape index (κ3) is 5.57.